The summed E-state index contributed by atoms with van der Waals surface area (Å²) in [6, 6.07) is 3.47. The quantitative estimate of drug-likeness (QED) is 0.622. The van der Waals surface area contributed by atoms with Crippen LogP contribution in [0.15, 0.2) is 18.2 Å². The second-order valence-electron chi connectivity index (χ2n) is 6.93. The van der Waals surface area contributed by atoms with Crippen LogP contribution >= 0.6 is 0 Å². The Kier molecular flexibility index (Phi) is 5.46. The summed E-state index contributed by atoms with van der Waals surface area (Å²) in [7, 11) is -5.72. The Bertz CT molecular complexity index is 784. The lowest BCUT2D eigenvalue weighted by Gasteiger charge is -2.28. The van der Waals surface area contributed by atoms with Crippen LogP contribution in [-0.4, -0.2) is 25.6 Å². The van der Waals surface area contributed by atoms with E-state index in [0.29, 0.717) is 30.4 Å². The van der Waals surface area contributed by atoms with E-state index in [1.807, 2.05) is 0 Å². The Hall–Kier alpha value is -1.97. The second-order valence-corrected chi connectivity index (χ2v) is 8.47. The maximum absolute atomic E-state index is 12.4. The lowest BCUT2D eigenvalue weighted by atomic mass is 9.87. The van der Waals surface area contributed by atoms with Gasteiger partial charge in [0, 0.05) is 0 Å². The SMILES string of the molecule is CC(C)(C)OC(=O)NC1CCCc2cc(OS(=O)(=O)C(F)(F)F)ccc21. The lowest BCUT2D eigenvalue weighted by molar-refractivity contribution is -0.0500. The van der Waals surface area contributed by atoms with Gasteiger partial charge in [0.05, 0.1) is 6.04 Å². The molecule has 0 saturated carbocycles. The first kappa shape index (κ1) is 20.3. The predicted molar refractivity (Wildman–Crippen MR) is 87.1 cm³/mol. The van der Waals surface area contributed by atoms with Gasteiger partial charge in [-0.25, -0.2) is 4.79 Å². The molecule has 1 atom stereocenters. The van der Waals surface area contributed by atoms with Crippen LogP contribution in [0.2, 0.25) is 0 Å². The van der Waals surface area contributed by atoms with E-state index in [1.54, 1.807) is 20.8 Å². The van der Waals surface area contributed by atoms with Crippen molar-refractivity contribution < 1.29 is 35.3 Å². The smallest absolute Gasteiger partial charge is 0.444 e. The van der Waals surface area contributed by atoms with E-state index in [4.69, 9.17) is 4.74 Å². The number of carbonyl (C=O) groups excluding carboxylic acids is 1. The van der Waals surface area contributed by atoms with Gasteiger partial charge in [-0.2, -0.15) is 21.6 Å². The van der Waals surface area contributed by atoms with Gasteiger partial charge in [0.2, 0.25) is 0 Å². The number of aryl methyl sites for hydroxylation is 1. The maximum Gasteiger partial charge on any atom is 0.534 e. The zero-order valence-corrected chi connectivity index (χ0v) is 15.3. The third kappa shape index (κ3) is 5.03. The summed E-state index contributed by atoms with van der Waals surface area (Å²) in [5.41, 5.74) is -4.85. The summed E-state index contributed by atoms with van der Waals surface area (Å²) in [4.78, 5) is 11.9. The monoisotopic (exact) mass is 395 g/mol. The Labute approximate surface area is 149 Å². The van der Waals surface area contributed by atoms with Crippen molar-refractivity contribution in [2.75, 3.05) is 0 Å². The summed E-state index contributed by atoms with van der Waals surface area (Å²) < 4.78 is 68.8. The Balaban J connectivity index is 2.18. The predicted octanol–water partition coefficient (Wildman–Crippen LogP) is 3.82. The summed E-state index contributed by atoms with van der Waals surface area (Å²) >= 11 is 0. The third-order valence-electron chi connectivity index (χ3n) is 3.61. The highest BCUT2D eigenvalue weighted by molar-refractivity contribution is 7.88. The molecule has 0 radical (unpaired) electrons. The van der Waals surface area contributed by atoms with Crippen LogP contribution in [-0.2, 0) is 21.3 Å². The summed E-state index contributed by atoms with van der Waals surface area (Å²) in [5, 5.41) is 2.72. The minimum Gasteiger partial charge on any atom is -0.444 e. The number of hydrogen-bond donors (Lipinski definition) is 1. The van der Waals surface area contributed by atoms with Gasteiger partial charge >= 0.3 is 21.7 Å². The molecule has 1 N–H and O–H groups in total. The zero-order valence-electron chi connectivity index (χ0n) is 14.5. The molecule has 0 fully saturated rings. The number of carbonyl (C=O) groups is 1. The van der Waals surface area contributed by atoms with Crippen LogP contribution in [0.25, 0.3) is 0 Å². The van der Waals surface area contributed by atoms with Crippen molar-refractivity contribution in [2.45, 2.75) is 57.2 Å². The highest BCUT2D eigenvalue weighted by Crippen LogP contribution is 2.34. The average molecular weight is 395 g/mol. The molecule has 0 heterocycles. The van der Waals surface area contributed by atoms with Crippen LogP contribution in [0.4, 0.5) is 18.0 Å². The number of alkyl halides is 3. The number of nitrogens with one attached hydrogen (secondary N) is 1. The molecule has 1 aliphatic carbocycles. The van der Waals surface area contributed by atoms with E-state index in [9.17, 15) is 26.4 Å². The Morgan fingerprint density at radius 2 is 1.88 bits per heavy atom. The van der Waals surface area contributed by atoms with Gasteiger partial charge in [-0.1, -0.05) is 6.07 Å². The second kappa shape index (κ2) is 6.98. The molecule has 0 spiro atoms. The first-order valence-electron chi connectivity index (χ1n) is 7.91. The van der Waals surface area contributed by atoms with E-state index in [2.05, 4.69) is 9.50 Å². The van der Waals surface area contributed by atoms with Crippen LogP contribution in [0.3, 0.4) is 0 Å². The maximum atomic E-state index is 12.4. The van der Waals surface area contributed by atoms with E-state index >= 15 is 0 Å². The van der Waals surface area contributed by atoms with Crippen molar-refractivity contribution in [3.63, 3.8) is 0 Å². The van der Waals surface area contributed by atoms with E-state index < -0.39 is 33.1 Å². The molecule has 1 aliphatic rings. The van der Waals surface area contributed by atoms with E-state index in [0.717, 1.165) is 6.07 Å². The van der Waals surface area contributed by atoms with Gasteiger partial charge in [-0.15, -0.1) is 0 Å². The standard InChI is InChI=1S/C16H20F3NO5S/c1-15(2,3)24-14(21)20-13-6-4-5-10-9-11(7-8-12(10)13)25-26(22,23)16(17,18)19/h7-9,13H,4-6H2,1-3H3,(H,20,21). The van der Waals surface area contributed by atoms with Crippen LogP contribution < -0.4 is 9.50 Å². The van der Waals surface area contributed by atoms with Gasteiger partial charge in [0.25, 0.3) is 0 Å². The van der Waals surface area contributed by atoms with E-state index in [1.165, 1.54) is 12.1 Å². The molecule has 1 aromatic carbocycles. The number of rotatable bonds is 3. The van der Waals surface area contributed by atoms with Crippen molar-refractivity contribution in [3.05, 3.63) is 29.3 Å². The Morgan fingerprint density at radius 1 is 1.23 bits per heavy atom. The minimum atomic E-state index is -5.72. The van der Waals surface area contributed by atoms with Gasteiger partial charge in [-0.3, -0.25) is 0 Å². The van der Waals surface area contributed by atoms with Crippen molar-refractivity contribution >= 4 is 16.2 Å². The number of fused-ring (bicyclic) bond motifs is 1. The first-order valence-corrected chi connectivity index (χ1v) is 9.32. The summed E-state index contributed by atoms with van der Waals surface area (Å²) in [6.07, 6.45) is 1.23. The fourth-order valence-electron chi connectivity index (χ4n) is 2.62. The molecule has 1 unspecified atom stereocenters. The molecule has 26 heavy (non-hydrogen) atoms. The molecule has 1 aromatic rings. The van der Waals surface area contributed by atoms with Gasteiger partial charge < -0.3 is 14.2 Å². The lowest BCUT2D eigenvalue weighted by Crippen LogP contribution is -2.36. The summed E-state index contributed by atoms with van der Waals surface area (Å²) in [6.45, 7) is 5.18. The van der Waals surface area contributed by atoms with E-state index in [-0.39, 0.29) is 6.04 Å². The van der Waals surface area contributed by atoms with Gasteiger partial charge in [-0.05, 0) is 63.3 Å². The van der Waals surface area contributed by atoms with Crippen molar-refractivity contribution in [1.82, 2.24) is 5.32 Å². The fourth-order valence-corrected chi connectivity index (χ4v) is 3.07. The van der Waals surface area contributed by atoms with Crippen LogP contribution in [0.5, 0.6) is 5.75 Å². The molecule has 0 bridgehead atoms. The molecule has 0 aliphatic heterocycles. The van der Waals surface area contributed by atoms with Crippen LogP contribution in [0.1, 0.15) is 50.8 Å². The van der Waals surface area contributed by atoms with Gasteiger partial charge in [0.1, 0.15) is 11.4 Å². The minimum absolute atomic E-state index is 0.373. The fraction of sp³-hybridized carbons (Fsp3) is 0.562. The average Bonchev–Trinajstić information content (AvgIpc) is 2.43. The zero-order chi connectivity index (χ0) is 19.8. The molecule has 10 heteroatoms. The van der Waals surface area contributed by atoms with Crippen LogP contribution in [0, 0.1) is 0 Å². The number of hydrogen-bond acceptors (Lipinski definition) is 5. The number of halogens is 3. The first-order chi connectivity index (χ1) is 11.8. The molecular weight excluding hydrogens is 375 g/mol. The van der Waals surface area contributed by atoms with Crippen molar-refractivity contribution in [1.29, 1.82) is 0 Å². The number of amides is 1. The molecule has 0 aromatic heterocycles. The normalized spacial score (nSPS) is 18.0. The number of benzene rings is 1. The highest BCUT2D eigenvalue weighted by atomic mass is 32.2. The molecule has 0 saturated heterocycles. The molecular formula is C16H20F3NO5S. The molecule has 1 amide bonds. The van der Waals surface area contributed by atoms with Gasteiger partial charge in [0.15, 0.2) is 0 Å². The molecule has 146 valence electrons. The topological polar surface area (TPSA) is 81.7 Å². The van der Waals surface area contributed by atoms with Crippen molar-refractivity contribution in [2.24, 2.45) is 0 Å². The molecule has 2 rings (SSSR count). The van der Waals surface area contributed by atoms with Crippen molar-refractivity contribution in [3.8, 4) is 5.75 Å². The Morgan fingerprint density at radius 3 is 2.46 bits per heavy atom. The third-order valence-corrected chi connectivity index (χ3v) is 4.59. The highest BCUT2D eigenvalue weighted by Gasteiger charge is 2.48. The summed E-state index contributed by atoms with van der Waals surface area (Å²) in [5.74, 6) is -0.418. The number of ether oxygens (including phenoxy) is 1. The number of alkyl carbamates (subject to hydrolysis) is 1. The largest absolute Gasteiger partial charge is 0.534 e. The molecule has 6 nitrogen and oxygen atoms in total.